The van der Waals surface area contributed by atoms with Crippen LogP contribution in [0, 0.1) is 11.3 Å². The molecule has 1 unspecified atom stereocenters. The van der Waals surface area contributed by atoms with Crippen molar-refractivity contribution in [2.75, 3.05) is 0 Å². The van der Waals surface area contributed by atoms with Crippen LogP contribution in [0.3, 0.4) is 0 Å². The van der Waals surface area contributed by atoms with E-state index in [1.807, 2.05) is 0 Å². The minimum Gasteiger partial charge on any atom is -0.480 e. The average Bonchev–Trinajstić information content (AvgIpc) is 2.44. The highest BCUT2D eigenvalue weighted by atomic mass is 16.4. The second kappa shape index (κ2) is 4.11. The number of rotatable bonds is 4. The zero-order valence-electron chi connectivity index (χ0n) is 8.88. The van der Waals surface area contributed by atoms with Crippen molar-refractivity contribution >= 4 is 11.8 Å². The van der Waals surface area contributed by atoms with Crippen molar-refractivity contribution in [2.45, 2.75) is 46.0 Å². The molecule has 80 valence electrons. The molecular formula is C11H18O3. The standard InChI is InChI=1S/C11H18O3/c1-8(2)5-7-11(10(13)14)6-3-4-9(11)12/h8H,3-7H2,1-2H3,(H,13,14). The van der Waals surface area contributed by atoms with Crippen molar-refractivity contribution in [3.8, 4) is 0 Å². The van der Waals surface area contributed by atoms with Gasteiger partial charge < -0.3 is 5.11 Å². The van der Waals surface area contributed by atoms with Crippen LogP contribution in [-0.4, -0.2) is 16.9 Å². The van der Waals surface area contributed by atoms with Crippen molar-refractivity contribution in [3.63, 3.8) is 0 Å². The molecule has 0 aromatic carbocycles. The molecule has 0 aromatic heterocycles. The highest BCUT2D eigenvalue weighted by Gasteiger charge is 2.48. The highest BCUT2D eigenvalue weighted by molar-refractivity contribution is 6.04. The van der Waals surface area contributed by atoms with Crippen LogP contribution in [0.25, 0.3) is 0 Å². The van der Waals surface area contributed by atoms with E-state index in [0.717, 1.165) is 12.8 Å². The summed E-state index contributed by atoms with van der Waals surface area (Å²) in [4.78, 5) is 22.7. The molecule has 1 aliphatic carbocycles. The van der Waals surface area contributed by atoms with Crippen LogP contribution in [-0.2, 0) is 9.59 Å². The molecule has 0 radical (unpaired) electrons. The average molecular weight is 198 g/mol. The third-order valence-electron chi connectivity index (χ3n) is 3.10. The van der Waals surface area contributed by atoms with E-state index in [-0.39, 0.29) is 5.78 Å². The second-order valence-electron chi connectivity index (χ2n) is 4.60. The molecule has 1 saturated carbocycles. The summed E-state index contributed by atoms with van der Waals surface area (Å²) in [6, 6.07) is 0. The van der Waals surface area contributed by atoms with E-state index in [4.69, 9.17) is 5.11 Å². The number of hydrogen-bond donors (Lipinski definition) is 1. The molecule has 1 aliphatic rings. The lowest BCUT2D eigenvalue weighted by Crippen LogP contribution is -2.35. The van der Waals surface area contributed by atoms with Gasteiger partial charge in [0.05, 0.1) is 0 Å². The maximum Gasteiger partial charge on any atom is 0.317 e. The maximum absolute atomic E-state index is 11.6. The molecule has 3 heteroatoms. The van der Waals surface area contributed by atoms with Crippen LogP contribution >= 0.6 is 0 Å². The van der Waals surface area contributed by atoms with Gasteiger partial charge >= 0.3 is 5.97 Å². The Morgan fingerprint density at radius 1 is 1.57 bits per heavy atom. The lowest BCUT2D eigenvalue weighted by Gasteiger charge is -2.22. The van der Waals surface area contributed by atoms with Crippen LogP contribution in [0.4, 0.5) is 0 Å². The number of carboxylic acid groups (broad SMARTS) is 1. The number of ketones is 1. The van der Waals surface area contributed by atoms with Crippen LogP contribution < -0.4 is 0 Å². The van der Waals surface area contributed by atoms with Gasteiger partial charge in [-0.3, -0.25) is 9.59 Å². The smallest absolute Gasteiger partial charge is 0.317 e. The van der Waals surface area contributed by atoms with E-state index in [9.17, 15) is 9.59 Å². The molecule has 3 nitrogen and oxygen atoms in total. The predicted molar refractivity (Wildman–Crippen MR) is 53.0 cm³/mol. The fourth-order valence-corrected chi connectivity index (χ4v) is 2.06. The van der Waals surface area contributed by atoms with Crippen LogP contribution in [0.2, 0.25) is 0 Å². The summed E-state index contributed by atoms with van der Waals surface area (Å²) in [5, 5.41) is 9.13. The van der Waals surface area contributed by atoms with Gasteiger partial charge in [-0.05, 0) is 31.6 Å². The van der Waals surface area contributed by atoms with E-state index < -0.39 is 11.4 Å². The molecule has 14 heavy (non-hydrogen) atoms. The number of hydrogen-bond acceptors (Lipinski definition) is 2. The molecule has 0 amide bonds. The summed E-state index contributed by atoms with van der Waals surface area (Å²) in [6.45, 7) is 4.10. The van der Waals surface area contributed by atoms with Crippen molar-refractivity contribution in [1.82, 2.24) is 0 Å². The van der Waals surface area contributed by atoms with Crippen molar-refractivity contribution in [3.05, 3.63) is 0 Å². The summed E-state index contributed by atoms with van der Waals surface area (Å²) < 4.78 is 0. The second-order valence-corrected chi connectivity index (χ2v) is 4.60. The van der Waals surface area contributed by atoms with Gasteiger partial charge in [0.1, 0.15) is 11.2 Å². The zero-order chi connectivity index (χ0) is 10.8. The third-order valence-corrected chi connectivity index (χ3v) is 3.10. The van der Waals surface area contributed by atoms with Crippen molar-refractivity contribution in [2.24, 2.45) is 11.3 Å². The van der Waals surface area contributed by atoms with Gasteiger partial charge in [-0.15, -0.1) is 0 Å². The first-order valence-electron chi connectivity index (χ1n) is 5.26. The summed E-state index contributed by atoms with van der Waals surface area (Å²) >= 11 is 0. The first-order chi connectivity index (χ1) is 6.49. The first-order valence-corrected chi connectivity index (χ1v) is 5.26. The molecule has 0 saturated heterocycles. The lowest BCUT2D eigenvalue weighted by molar-refractivity contribution is -0.154. The largest absolute Gasteiger partial charge is 0.480 e. The van der Waals surface area contributed by atoms with E-state index in [2.05, 4.69) is 13.8 Å². The minimum atomic E-state index is -1.04. The molecule has 0 aromatic rings. The zero-order valence-corrected chi connectivity index (χ0v) is 8.88. The summed E-state index contributed by atoms with van der Waals surface area (Å²) in [7, 11) is 0. The van der Waals surface area contributed by atoms with E-state index in [1.54, 1.807) is 0 Å². The molecular weight excluding hydrogens is 180 g/mol. The topological polar surface area (TPSA) is 54.4 Å². The van der Waals surface area contributed by atoms with E-state index in [1.165, 1.54) is 0 Å². The fraction of sp³-hybridized carbons (Fsp3) is 0.818. The lowest BCUT2D eigenvalue weighted by atomic mass is 9.79. The summed E-state index contributed by atoms with van der Waals surface area (Å²) in [6.07, 6.45) is 3.05. The Hall–Kier alpha value is -0.860. The number of carbonyl (C=O) groups is 2. The molecule has 1 rings (SSSR count). The Morgan fingerprint density at radius 2 is 2.21 bits per heavy atom. The summed E-state index contributed by atoms with van der Waals surface area (Å²) in [5.41, 5.74) is -1.04. The molecule has 0 heterocycles. The predicted octanol–water partition coefficient (Wildman–Crippen LogP) is 2.25. The maximum atomic E-state index is 11.6. The van der Waals surface area contributed by atoms with Gasteiger partial charge in [-0.2, -0.15) is 0 Å². The highest BCUT2D eigenvalue weighted by Crippen LogP contribution is 2.40. The Kier molecular flexibility index (Phi) is 3.29. The van der Waals surface area contributed by atoms with Gasteiger partial charge in [-0.25, -0.2) is 0 Å². The van der Waals surface area contributed by atoms with Crippen LogP contribution in [0.1, 0.15) is 46.0 Å². The number of Topliss-reactive ketones (excluding diaryl/α,β-unsaturated/α-hetero) is 1. The monoisotopic (exact) mass is 198 g/mol. The van der Waals surface area contributed by atoms with Crippen LogP contribution in [0.15, 0.2) is 0 Å². The van der Waals surface area contributed by atoms with E-state index >= 15 is 0 Å². The Morgan fingerprint density at radius 3 is 2.57 bits per heavy atom. The molecule has 0 aliphatic heterocycles. The number of carbonyl (C=O) groups excluding carboxylic acids is 1. The molecule has 1 fully saturated rings. The summed E-state index contributed by atoms with van der Waals surface area (Å²) in [5.74, 6) is -0.522. The quantitative estimate of drug-likeness (QED) is 0.705. The third kappa shape index (κ3) is 1.97. The molecule has 0 spiro atoms. The minimum absolute atomic E-state index is 0.0642. The van der Waals surface area contributed by atoms with Crippen LogP contribution in [0.5, 0.6) is 0 Å². The fourth-order valence-electron chi connectivity index (χ4n) is 2.06. The van der Waals surface area contributed by atoms with Crippen molar-refractivity contribution < 1.29 is 14.7 Å². The Bertz CT molecular complexity index is 245. The van der Waals surface area contributed by atoms with Crippen molar-refractivity contribution in [1.29, 1.82) is 0 Å². The van der Waals surface area contributed by atoms with Gasteiger partial charge in [0.15, 0.2) is 0 Å². The number of carboxylic acids is 1. The Balaban J connectivity index is 2.72. The molecule has 0 bridgehead atoms. The van der Waals surface area contributed by atoms with Gasteiger partial charge in [0, 0.05) is 6.42 Å². The van der Waals surface area contributed by atoms with Gasteiger partial charge in [-0.1, -0.05) is 13.8 Å². The van der Waals surface area contributed by atoms with Gasteiger partial charge in [0.25, 0.3) is 0 Å². The normalized spacial score (nSPS) is 27.2. The van der Waals surface area contributed by atoms with Gasteiger partial charge in [0.2, 0.25) is 0 Å². The Labute approximate surface area is 84.5 Å². The first kappa shape index (κ1) is 11.2. The van der Waals surface area contributed by atoms with E-state index in [0.29, 0.717) is 25.2 Å². The SMILES string of the molecule is CC(C)CCC1(C(=O)O)CCCC1=O. The molecule has 1 atom stereocenters. The number of aliphatic carboxylic acids is 1. The molecule has 1 N–H and O–H groups in total.